The Kier molecular flexibility index (Phi) is 2.28. The monoisotopic (exact) mass is 199 g/mol. The Balaban J connectivity index is 2.02. The van der Waals surface area contributed by atoms with Gasteiger partial charge in [-0.2, -0.15) is 0 Å². The standard InChI is InChI=1S/C9H14ClN3/c1-3-7-4-8(7)5-13-6(2)11-12-9(13)10/h7-8H,3-5H2,1-2H3. The van der Waals surface area contributed by atoms with Crippen molar-refractivity contribution < 1.29 is 0 Å². The average molecular weight is 200 g/mol. The van der Waals surface area contributed by atoms with E-state index in [2.05, 4.69) is 17.1 Å². The van der Waals surface area contributed by atoms with E-state index in [0.29, 0.717) is 5.28 Å². The molecule has 3 nitrogen and oxygen atoms in total. The smallest absolute Gasteiger partial charge is 0.225 e. The molecule has 1 fully saturated rings. The topological polar surface area (TPSA) is 30.7 Å². The predicted octanol–water partition coefficient (Wildman–Crippen LogP) is 2.29. The number of hydrogen-bond acceptors (Lipinski definition) is 2. The number of hydrogen-bond donors (Lipinski definition) is 0. The minimum Gasteiger partial charge on any atom is -0.302 e. The molecule has 2 rings (SSSR count). The molecule has 0 saturated heterocycles. The highest BCUT2D eigenvalue weighted by Crippen LogP contribution is 2.42. The minimum atomic E-state index is 0.527. The van der Waals surface area contributed by atoms with Crippen molar-refractivity contribution in [1.82, 2.24) is 14.8 Å². The summed E-state index contributed by atoms with van der Waals surface area (Å²) in [6.07, 6.45) is 2.62. The van der Waals surface area contributed by atoms with Crippen LogP contribution in [-0.2, 0) is 6.54 Å². The summed E-state index contributed by atoms with van der Waals surface area (Å²) in [7, 11) is 0. The van der Waals surface area contributed by atoms with Crippen LogP contribution in [0.2, 0.25) is 5.28 Å². The summed E-state index contributed by atoms with van der Waals surface area (Å²) in [6, 6.07) is 0. The zero-order valence-corrected chi connectivity index (χ0v) is 8.75. The van der Waals surface area contributed by atoms with Gasteiger partial charge in [0.1, 0.15) is 5.82 Å². The van der Waals surface area contributed by atoms with Crippen LogP contribution in [0.3, 0.4) is 0 Å². The molecule has 1 saturated carbocycles. The third-order valence-electron chi connectivity index (χ3n) is 2.90. The molecule has 72 valence electrons. The molecule has 1 heterocycles. The normalized spacial score (nSPS) is 26.4. The van der Waals surface area contributed by atoms with Gasteiger partial charge in [-0.3, -0.25) is 0 Å². The number of rotatable bonds is 3. The molecule has 0 aliphatic heterocycles. The van der Waals surface area contributed by atoms with E-state index in [1.807, 2.05) is 11.5 Å². The first kappa shape index (κ1) is 9.00. The van der Waals surface area contributed by atoms with Crippen molar-refractivity contribution in [3.63, 3.8) is 0 Å². The summed E-state index contributed by atoms with van der Waals surface area (Å²) in [4.78, 5) is 0. The molecule has 4 heteroatoms. The van der Waals surface area contributed by atoms with E-state index < -0.39 is 0 Å². The highest BCUT2D eigenvalue weighted by atomic mass is 35.5. The van der Waals surface area contributed by atoms with Gasteiger partial charge in [0.05, 0.1) is 0 Å². The third-order valence-corrected chi connectivity index (χ3v) is 3.18. The van der Waals surface area contributed by atoms with Crippen molar-refractivity contribution in [2.75, 3.05) is 0 Å². The summed E-state index contributed by atoms with van der Waals surface area (Å²) in [6.45, 7) is 5.18. The van der Waals surface area contributed by atoms with Crippen LogP contribution in [0.5, 0.6) is 0 Å². The van der Waals surface area contributed by atoms with Crippen LogP contribution in [0, 0.1) is 18.8 Å². The second-order valence-electron chi connectivity index (χ2n) is 3.79. The van der Waals surface area contributed by atoms with Gasteiger partial charge in [-0.1, -0.05) is 13.3 Å². The maximum atomic E-state index is 5.90. The molecule has 2 atom stereocenters. The van der Waals surface area contributed by atoms with Gasteiger partial charge >= 0.3 is 0 Å². The summed E-state index contributed by atoms with van der Waals surface area (Å²) in [5.41, 5.74) is 0. The lowest BCUT2D eigenvalue weighted by Gasteiger charge is -2.03. The van der Waals surface area contributed by atoms with Crippen LogP contribution in [0.1, 0.15) is 25.6 Å². The van der Waals surface area contributed by atoms with E-state index >= 15 is 0 Å². The van der Waals surface area contributed by atoms with Gasteiger partial charge in [0.15, 0.2) is 0 Å². The fourth-order valence-corrected chi connectivity index (χ4v) is 2.06. The Morgan fingerprint density at radius 2 is 2.23 bits per heavy atom. The molecule has 0 radical (unpaired) electrons. The van der Waals surface area contributed by atoms with Crippen molar-refractivity contribution in [3.8, 4) is 0 Å². The van der Waals surface area contributed by atoms with Crippen molar-refractivity contribution in [3.05, 3.63) is 11.1 Å². The molecule has 1 aliphatic rings. The van der Waals surface area contributed by atoms with Crippen molar-refractivity contribution >= 4 is 11.6 Å². The summed E-state index contributed by atoms with van der Waals surface area (Å²) >= 11 is 5.90. The minimum absolute atomic E-state index is 0.527. The molecule has 1 aliphatic carbocycles. The average Bonchev–Trinajstić information content (AvgIpc) is 2.81. The van der Waals surface area contributed by atoms with Crippen LogP contribution in [0.4, 0.5) is 0 Å². The number of aryl methyl sites for hydroxylation is 1. The SMILES string of the molecule is CCC1CC1Cn1c(C)nnc1Cl. The second kappa shape index (κ2) is 3.29. The zero-order valence-electron chi connectivity index (χ0n) is 8.00. The van der Waals surface area contributed by atoms with Crippen molar-refractivity contribution in [1.29, 1.82) is 0 Å². The lowest BCUT2D eigenvalue weighted by Crippen LogP contribution is -2.03. The Morgan fingerprint density at radius 3 is 2.69 bits per heavy atom. The molecule has 1 aromatic rings. The maximum Gasteiger partial charge on any atom is 0.225 e. The van der Waals surface area contributed by atoms with Crippen LogP contribution in [0.25, 0.3) is 0 Å². The van der Waals surface area contributed by atoms with E-state index in [1.165, 1.54) is 12.8 Å². The Bertz CT molecular complexity index is 288. The Morgan fingerprint density at radius 1 is 1.46 bits per heavy atom. The first-order chi connectivity index (χ1) is 6.22. The molecule has 1 aromatic heterocycles. The van der Waals surface area contributed by atoms with Gasteiger partial charge in [0.25, 0.3) is 0 Å². The molecule has 0 aromatic carbocycles. The second-order valence-corrected chi connectivity index (χ2v) is 4.13. The Hall–Kier alpha value is -0.570. The first-order valence-corrected chi connectivity index (χ1v) is 5.15. The molecular formula is C9H14ClN3. The molecule has 0 N–H and O–H groups in total. The summed E-state index contributed by atoms with van der Waals surface area (Å²) in [5.74, 6) is 2.63. The van der Waals surface area contributed by atoms with Gasteiger partial charge in [0.2, 0.25) is 5.28 Å². The largest absolute Gasteiger partial charge is 0.302 e. The van der Waals surface area contributed by atoms with E-state index in [4.69, 9.17) is 11.6 Å². The van der Waals surface area contributed by atoms with Gasteiger partial charge in [-0.05, 0) is 36.8 Å². The van der Waals surface area contributed by atoms with Gasteiger partial charge in [-0.15, -0.1) is 10.2 Å². The lowest BCUT2D eigenvalue weighted by atomic mass is 10.2. The van der Waals surface area contributed by atoms with E-state index in [9.17, 15) is 0 Å². The fraction of sp³-hybridized carbons (Fsp3) is 0.778. The van der Waals surface area contributed by atoms with Crippen LogP contribution < -0.4 is 0 Å². The van der Waals surface area contributed by atoms with Crippen LogP contribution in [0.15, 0.2) is 0 Å². The molecule has 0 amide bonds. The Labute approximate surface area is 83.1 Å². The molecule has 0 bridgehead atoms. The van der Waals surface area contributed by atoms with E-state index in [0.717, 1.165) is 24.2 Å². The van der Waals surface area contributed by atoms with E-state index in [-0.39, 0.29) is 0 Å². The number of nitrogens with zero attached hydrogens (tertiary/aromatic N) is 3. The predicted molar refractivity (Wildman–Crippen MR) is 51.7 cm³/mol. The molecule has 0 spiro atoms. The third kappa shape index (κ3) is 1.70. The highest BCUT2D eigenvalue weighted by Gasteiger charge is 2.35. The molecule has 2 unspecified atom stereocenters. The van der Waals surface area contributed by atoms with Crippen LogP contribution in [-0.4, -0.2) is 14.8 Å². The quantitative estimate of drug-likeness (QED) is 0.748. The summed E-state index contributed by atoms with van der Waals surface area (Å²) < 4.78 is 2.00. The van der Waals surface area contributed by atoms with Gasteiger partial charge < -0.3 is 4.57 Å². The lowest BCUT2D eigenvalue weighted by molar-refractivity contribution is 0.559. The first-order valence-electron chi connectivity index (χ1n) is 4.77. The van der Waals surface area contributed by atoms with Gasteiger partial charge in [0, 0.05) is 6.54 Å². The number of aromatic nitrogens is 3. The number of halogens is 1. The highest BCUT2D eigenvalue weighted by molar-refractivity contribution is 6.28. The maximum absolute atomic E-state index is 5.90. The fourth-order valence-electron chi connectivity index (χ4n) is 1.83. The van der Waals surface area contributed by atoms with Crippen molar-refractivity contribution in [2.45, 2.75) is 33.2 Å². The van der Waals surface area contributed by atoms with Crippen molar-refractivity contribution in [2.24, 2.45) is 11.8 Å². The zero-order chi connectivity index (χ0) is 9.42. The van der Waals surface area contributed by atoms with Gasteiger partial charge in [-0.25, -0.2) is 0 Å². The summed E-state index contributed by atoms with van der Waals surface area (Å²) in [5, 5.41) is 8.28. The van der Waals surface area contributed by atoms with Crippen LogP contribution >= 0.6 is 11.6 Å². The van der Waals surface area contributed by atoms with E-state index in [1.54, 1.807) is 0 Å². The molecule has 13 heavy (non-hydrogen) atoms. The molecular weight excluding hydrogens is 186 g/mol.